The van der Waals surface area contributed by atoms with Gasteiger partial charge in [0.2, 0.25) is 0 Å². The van der Waals surface area contributed by atoms with E-state index >= 15 is 0 Å². The van der Waals surface area contributed by atoms with Gasteiger partial charge >= 0.3 is 0 Å². The number of nitrogens with one attached hydrogen (secondary N) is 1. The highest BCUT2D eigenvalue weighted by Crippen LogP contribution is 2.47. The number of benzene rings is 1. The fourth-order valence-electron chi connectivity index (χ4n) is 3.79. The van der Waals surface area contributed by atoms with Gasteiger partial charge in [0.25, 0.3) is 0 Å². The lowest BCUT2D eigenvalue weighted by Gasteiger charge is -2.34. The van der Waals surface area contributed by atoms with Crippen LogP contribution < -0.4 is 5.32 Å². The number of hydrogen-bond acceptors (Lipinski definition) is 3. The lowest BCUT2D eigenvalue weighted by molar-refractivity contribution is 0.00989. The lowest BCUT2D eigenvalue weighted by Crippen LogP contribution is -2.48. The second-order valence-corrected chi connectivity index (χ2v) is 8.03. The Morgan fingerprint density at radius 3 is 2.46 bits per heavy atom. The van der Waals surface area contributed by atoms with Gasteiger partial charge in [-0.1, -0.05) is 23.7 Å². The number of likely N-dealkylation sites (tertiary alicyclic amines) is 1. The molecule has 7 heteroatoms. The number of rotatable bonds is 8. The molecule has 0 radical (unpaired) electrons. The first kappa shape index (κ1) is 23.7. The number of nitrogens with zero attached hydrogens (tertiary/aromatic N) is 2. The van der Waals surface area contributed by atoms with Crippen LogP contribution in [0, 0.1) is 0 Å². The number of halogens is 2. The van der Waals surface area contributed by atoms with Crippen molar-refractivity contribution in [2.75, 3.05) is 47.0 Å². The molecule has 5 nitrogen and oxygen atoms in total. The van der Waals surface area contributed by atoms with Crippen molar-refractivity contribution in [1.82, 2.24) is 10.2 Å². The summed E-state index contributed by atoms with van der Waals surface area (Å²) in [6.07, 6.45) is 5.87. The van der Waals surface area contributed by atoms with Crippen LogP contribution in [0.3, 0.4) is 0 Å². The third-order valence-corrected chi connectivity index (χ3v) is 5.95. The minimum absolute atomic E-state index is 0. The van der Waals surface area contributed by atoms with E-state index in [1.807, 2.05) is 19.2 Å². The first-order chi connectivity index (χ1) is 13.2. The fraction of sp³-hybridized carbons (Fsp3) is 0.667. The van der Waals surface area contributed by atoms with Crippen LogP contribution in [0.2, 0.25) is 5.02 Å². The molecule has 2 fully saturated rings. The second-order valence-electron chi connectivity index (χ2n) is 7.59. The van der Waals surface area contributed by atoms with Gasteiger partial charge in [0.15, 0.2) is 5.96 Å². The van der Waals surface area contributed by atoms with Gasteiger partial charge in [0.05, 0.1) is 6.10 Å². The first-order valence-electron chi connectivity index (χ1n) is 9.99. The highest BCUT2D eigenvalue weighted by molar-refractivity contribution is 14.0. The molecule has 1 aliphatic heterocycles. The molecular weight excluding hydrogens is 489 g/mol. The number of methoxy groups -OCH3 is 1. The van der Waals surface area contributed by atoms with Gasteiger partial charge in [0, 0.05) is 57.4 Å². The van der Waals surface area contributed by atoms with Crippen molar-refractivity contribution in [3.05, 3.63) is 34.9 Å². The largest absolute Gasteiger partial charge is 0.385 e. The van der Waals surface area contributed by atoms with Crippen molar-refractivity contribution in [2.24, 2.45) is 4.99 Å². The lowest BCUT2D eigenvalue weighted by atomic mass is 9.96. The third-order valence-electron chi connectivity index (χ3n) is 5.69. The second kappa shape index (κ2) is 11.6. The number of hydrogen-bond donors (Lipinski definition) is 1. The van der Waals surface area contributed by atoms with Crippen molar-refractivity contribution in [3.63, 3.8) is 0 Å². The molecule has 28 heavy (non-hydrogen) atoms. The van der Waals surface area contributed by atoms with Gasteiger partial charge in [-0.2, -0.15) is 0 Å². The normalized spacial score (nSPS) is 19.2. The average molecular weight is 522 g/mol. The summed E-state index contributed by atoms with van der Waals surface area (Å²) in [4.78, 5) is 6.87. The van der Waals surface area contributed by atoms with Gasteiger partial charge in [-0.15, -0.1) is 24.0 Å². The molecule has 1 aromatic rings. The summed E-state index contributed by atoms with van der Waals surface area (Å²) >= 11 is 6.03. The average Bonchev–Trinajstić information content (AvgIpc) is 3.48. The number of guanidine groups is 1. The Kier molecular flexibility index (Phi) is 9.80. The predicted molar refractivity (Wildman–Crippen MR) is 126 cm³/mol. The highest BCUT2D eigenvalue weighted by atomic mass is 127. The standard InChI is InChI=1S/C21H32ClN3O2.HI/c1-23-20(25-12-8-19(9-13-25)27-15-3-14-26-2)24-16-21(10-11-21)17-4-6-18(22)7-5-17;/h4-7,19H,3,8-16H2,1-2H3,(H,23,24);1H. The minimum Gasteiger partial charge on any atom is -0.385 e. The van der Waals surface area contributed by atoms with Crippen molar-refractivity contribution < 1.29 is 9.47 Å². The zero-order chi connectivity index (χ0) is 19.1. The van der Waals surface area contributed by atoms with Crippen LogP contribution in [0.15, 0.2) is 29.3 Å². The van der Waals surface area contributed by atoms with Gasteiger partial charge in [0.1, 0.15) is 0 Å². The quantitative estimate of drug-likeness (QED) is 0.242. The van der Waals surface area contributed by atoms with Crippen LogP contribution in [0.5, 0.6) is 0 Å². The van der Waals surface area contributed by atoms with Crippen LogP contribution in [-0.2, 0) is 14.9 Å². The number of aliphatic imine (C=N–C) groups is 1. The third kappa shape index (κ3) is 6.47. The molecule has 3 rings (SSSR count). The van der Waals surface area contributed by atoms with Crippen LogP contribution in [0.25, 0.3) is 0 Å². The first-order valence-corrected chi connectivity index (χ1v) is 10.4. The summed E-state index contributed by atoms with van der Waals surface area (Å²) in [6, 6.07) is 8.30. The van der Waals surface area contributed by atoms with E-state index in [9.17, 15) is 0 Å². The van der Waals surface area contributed by atoms with Crippen molar-refractivity contribution in [3.8, 4) is 0 Å². The summed E-state index contributed by atoms with van der Waals surface area (Å²) in [7, 11) is 3.60. The topological polar surface area (TPSA) is 46.1 Å². The van der Waals surface area contributed by atoms with E-state index in [-0.39, 0.29) is 29.4 Å². The molecule has 1 heterocycles. The van der Waals surface area contributed by atoms with Crippen LogP contribution in [0.4, 0.5) is 0 Å². The van der Waals surface area contributed by atoms with E-state index in [0.29, 0.717) is 6.10 Å². The summed E-state index contributed by atoms with van der Waals surface area (Å²) in [5.74, 6) is 1.01. The molecule has 0 bridgehead atoms. The zero-order valence-corrected chi connectivity index (χ0v) is 20.0. The highest BCUT2D eigenvalue weighted by Gasteiger charge is 2.44. The molecule has 1 aliphatic carbocycles. The maximum absolute atomic E-state index is 6.03. The van der Waals surface area contributed by atoms with Crippen LogP contribution >= 0.6 is 35.6 Å². The van der Waals surface area contributed by atoms with E-state index < -0.39 is 0 Å². The molecule has 0 atom stereocenters. The predicted octanol–water partition coefficient (Wildman–Crippen LogP) is 4.08. The van der Waals surface area contributed by atoms with Crippen LogP contribution in [0.1, 0.15) is 37.7 Å². The Labute approximate surface area is 191 Å². The van der Waals surface area contributed by atoms with E-state index in [1.165, 1.54) is 18.4 Å². The summed E-state index contributed by atoms with van der Waals surface area (Å²) in [5.41, 5.74) is 1.61. The number of ether oxygens (including phenoxy) is 2. The summed E-state index contributed by atoms with van der Waals surface area (Å²) in [5, 5.41) is 4.41. The van der Waals surface area contributed by atoms with Crippen molar-refractivity contribution in [2.45, 2.75) is 43.6 Å². The smallest absolute Gasteiger partial charge is 0.193 e. The molecular formula is C21H33ClIN3O2. The fourth-order valence-corrected chi connectivity index (χ4v) is 3.92. The summed E-state index contributed by atoms with van der Waals surface area (Å²) in [6.45, 7) is 4.46. The maximum Gasteiger partial charge on any atom is 0.193 e. The van der Waals surface area contributed by atoms with Gasteiger partial charge < -0.3 is 19.7 Å². The Morgan fingerprint density at radius 2 is 1.89 bits per heavy atom. The molecule has 0 amide bonds. The minimum atomic E-state index is 0. The van der Waals surface area contributed by atoms with E-state index in [2.05, 4.69) is 27.3 Å². The molecule has 1 aromatic carbocycles. The van der Waals surface area contributed by atoms with Gasteiger partial charge in [-0.05, 0) is 49.8 Å². The van der Waals surface area contributed by atoms with E-state index in [4.69, 9.17) is 21.1 Å². The molecule has 0 unspecified atom stereocenters. The zero-order valence-electron chi connectivity index (χ0n) is 17.0. The monoisotopic (exact) mass is 521 g/mol. The molecule has 1 saturated carbocycles. The molecule has 158 valence electrons. The maximum atomic E-state index is 6.03. The Balaban J connectivity index is 0.00000280. The molecule has 1 N–H and O–H groups in total. The van der Waals surface area contributed by atoms with Crippen LogP contribution in [-0.4, -0.2) is 64.0 Å². The Morgan fingerprint density at radius 1 is 1.21 bits per heavy atom. The molecule has 2 aliphatic rings. The Hall–Kier alpha value is -0.570. The summed E-state index contributed by atoms with van der Waals surface area (Å²) < 4.78 is 11.0. The van der Waals surface area contributed by atoms with Crippen molar-refractivity contribution >= 4 is 41.5 Å². The van der Waals surface area contributed by atoms with Gasteiger partial charge in [-0.25, -0.2) is 0 Å². The van der Waals surface area contributed by atoms with E-state index in [0.717, 1.165) is 63.1 Å². The van der Waals surface area contributed by atoms with E-state index in [1.54, 1.807) is 7.11 Å². The van der Waals surface area contributed by atoms with Gasteiger partial charge in [-0.3, -0.25) is 4.99 Å². The number of piperidine rings is 1. The SMILES string of the molecule is CN=C(NCC1(c2ccc(Cl)cc2)CC1)N1CCC(OCCCOC)CC1.I. The molecule has 0 aromatic heterocycles. The molecule has 0 spiro atoms. The van der Waals surface area contributed by atoms with Crippen molar-refractivity contribution in [1.29, 1.82) is 0 Å². The molecule has 1 saturated heterocycles. The Bertz CT molecular complexity index is 615.